The molecule has 4 N–H and O–H groups in total. The number of aliphatic hydroxyl groups excluding tert-OH is 2. The van der Waals surface area contributed by atoms with E-state index in [2.05, 4.69) is 0 Å². The monoisotopic (exact) mass is 237 g/mol. The summed E-state index contributed by atoms with van der Waals surface area (Å²) in [6.45, 7) is 1.67. The lowest BCUT2D eigenvalue weighted by atomic mass is 9.93. The highest BCUT2D eigenvalue weighted by Crippen LogP contribution is 2.13. The number of ketones is 1. The summed E-state index contributed by atoms with van der Waals surface area (Å²) >= 11 is 0. The predicted octanol–water partition coefficient (Wildman–Crippen LogP) is 0.246. The molecule has 4 heteroatoms. The summed E-state index contributed by atoms with van der Waals surface area (Å²) in [6.07, 6.45) is -0.508. The van der Waals surface area contributed by atoms with Crippen LogP contribution in [0.15, 0.2) is 24.3 Å². The smallest absolute Gasteiger partial charge is 0.186 e. The van der Waals surface area contributed by atoms with Gasteiger partial charge in [0.15, 0.2) is 5.78 Å². The summed E-state index contributed by atoms with van der Waals surface area (Å²) in [5, 5.41) is 18.3. The quantitative estimate of drug-likeness (QED) is 0.662. The summed E-state index contributed by atoms with van der Waals surface area (Å²) in [6, 6.07) is 7.74. The van der Waals surface area contributed by atoms with E-state index >= 15 is 0 Å². The second-order valence-electron chi connectivity index (χ2n) is 4.27. The van der Waals surface area contributed by atoms with Gasteiger partial charge in [0.05, 0.1) is 0 Å². The molecule has 0 heterocycles. The molecule has 2 atom stereocenters. The number of rotatable bonds is 6. The van der Waals surface area contributed by atoms with Crippen LogP contribution >= 0.6 is 0 Å². The molecule has 17 heavy (non-hydrogen) atoms. The predicted molar refractivity (Wildman–Crippen MR) is 65.3 cm³/mol. The fourth-order valence-electron chi connectivity index (χ4n) is 1.71. The van der Waals surface area contributed by atoms with Gasteiger partial charge in [-0.3, -0.25) is 4.79 Å². The van der Waals surface area contributed by atoms with E-state index in [0.29, 0.717) is 13.0 Å². The molecule has 1 aromatic carbocycles. The number of hydrogen-bond donors (Lipinski definition) is 3. The van der Waals surface area contributed by atoms with Crippen LogP contribution in [-0.4, -0.2) is 28.7 Å². The van der Waals surface area contributed by atoms with E-state index in [1.807, 2.05) is 24.3 Å². The highest BCUT2D eigenvalue weighted by Gasteiger charge is 2.21. The highest BCUT2D eigenvalue weighted by molar-refractivity contribution is 5.84. The van der Waals surface area contributed by atoms with Gasteiger partial charge in [-0.25, -0.2) is 0 Å². The van der Waals surface area contributed by atoms with Crippen LogP contribution < -0.4 is 5.73 Å². The summed E-state index contributed by atoms with van der Waals surface area (Å²) in [5.41, 5.74) is 7.59. The number of nitrogens with two attached hydrogens (primary N) is 1. The average molecular weight is 237 g/mol. The van der Waals surface area contributed by atoms with Crippen LogP contribution in [0.3, 0.4) is 0 Å². The molecular formula is C13H19NO3. The number of carbonyl (C=O) groups excluding carboxylic acids is 1. The summed E-state index contributed by atoms with van der Waals surface area (Å²) in [7, 11) is 0. The van der Waals surface area contributed by atoms with E-state index < -0.39 is 18.5 Å². The second-order valence-corrected chi connectivity index (χ2v) is 4.27. The van der Waals surface area contributed by atoms with Gasteiger partial charge in [-0.05, 0) is 23.5 Å². The maximum atomic E-state index is 11.1. The molecule has 0 saturated heterocycles. The molecule has 94 valence electrons. The number of carbonyl (C=O) groups is 1. The van der Waals surface area contributed by atoms with Gasteiger partial charge in [-0.2, -0.15) is 0 Å². The van der Waals surface area contributed by atoms with Gasteiger partial charge in [-0.1, -0.05) is 31.2 Å². The van der Waals surface area contributed by atoms with Crippen LogP contribution in [0.4, 0.5) is 0 Å². The lowest BCUT2D eigenvalue weighted by molar-refractivity contribution is -0.132. The Bertz CT molecular complexity index is 361. The number of benzene rings is 1. The third-order valence-corrected chi connectivity index (χ3v) is 2.84. The van der Waals surface area contributed by atoms with E-state index in [9.17, 15) is 9.90 Å². The molecule has 0 aliphatic rings. The first-order valence-electron chi connectivity index (χ1n) is 5.68. The van der Waals surface area contributed by atoms with Crippen LogP contribution in [0.1, 0.15) is 18.1 Å². The Morgan fingerprint density at radius 2 is 1.82 bits per heavy atom. The lowest BCUT2D eigenvalue weighted by Gasteiger charge is -2.17. The zero-order valence-corrected chi connectivity index (χ0v) is 9.97. The number of hydrogen-bond acceptors (Lipinski definition) is 4. The first-order chi connectivity index (χ1) is 8.08. The van der Waals surface area contributed by atoms with Crippen molar-refractivity contribution in [2.75, 3.05) is 6.61 Å². The average Bonchev–Trinajstić information content (AvgIpc) is 2.37. The fourth-order valence-corrected chi connectivity index (χ4v) is 1.71. The van der Waals surface area contributed by atoms with Gasteiger partial charge in [0.25, 0.3) is 0 Å². The number of aliphatic hydroxyl groups is 2. The third-order valence-electron chi connectivity index (χ3n) is 2.84. The molecule has 0 aliphatic carbocycles. The highest BCUT2D eigenvalue weighted by atomic mass is 16.3. The Balaban J connectivity index is 2.60. The standard InChI is InChI=1S/C13H19NO3/c1-9(13(17)12(16)8-15)6-10-2-4-11(7-14)5-3-10/h2-5,9,13,15,17H,6-8,14H2,1H3. The molecule has 0 radical (unpaired) electrons. The molecule has 0 bridgehead atoms. The van der Waals surface area contributed by atoms with Crippen molar-refractivity contribution in [1.82, 2.24) is 0 Å². The Morgan fingerprint density at radius 3 is 2.29 bits per heavy atom. The Morgan fingerprint density at radius 1 is 1.29 bits per heavy atom. The van der Waals surface area contributed by atoms with Gasteiger partial charge in [0.2, 0.25) is 0 Å². The molecule has 0 aliphatic heterocycles. The van der Waals surface area contributed by atoms with E-state index in [0.717, 1.165) is 11.1 Å². The molecule has 1 aromatic rings. The van der Waals surface area contributed by atoms with E-state index in [-0.39, 0.29) is 5.92 Å². The maximum absolute atomic E-state index is 11.1. The fraction of sp³-hybridized carbons (Fsp3) is 0.462. The van der Waals surface area contributed by atoms with Gasteiger partial charge in [-0.15, -0.1) is 0 Å². The van der Waals surface area contributed by atoms with Crippen molar-refractivity contribution in [1.29, 1.82) is 0 Å². The topological polar surface area (TPSA) is 83.5 Å². The summed E-state index contributed by atoms with van der Waals surface area (Å²) < 4.78 is 0. The van der Waals surface area contributed by atoms with Crippen LogP contribution in [0.2, 0.25) is 0 Å². The van der Waals surface area contributed by atoms with Crippen LogP contribution in [0.25, 0.3) is 0 Å². The van der Waals surface area contributed by atoms with Crippen molar-refractivity contribution < 1.29 is 15.0 Å². The van der Waals surface area contributed by atoms with E-state index in [4.69, 9.17) is 10.8 Å². The van der Waals surface area contributed by atoms with E-state index in [1.165, 1.54) is 0 Å². The van der Waals surface area contributed by atoms with Crippen molar-refractivity contribution in [3.8, 4) is 0 Å². The van der Waals surface area contributed by atoms with E-state index in [1.54, 1.807) is 6.92 Å². The molecule has 0 aromatic heterocycles. The minimum atomic E-state index is -1.10. The zero-order valence-electron chi connectivity index (χ0n) is 9.97. The minimum Gasteiger partial charge on any atom is -0.388 e. The Kier molecular flexibility index (Phi) is 5.28. The molecule has 2 unspecified atom stereocenters. The lowest BCUT2D eigenvalue weighted by Crippen LogP contribution is -2.31. The van der Waals surface area contributed by atoms with Crippen molar-refractivity contribution in [2.45, 2.75) is 26.0 Å². The molecular weight excluding hydrogens is 218 g/mol. The SMILES string of the molecule is CC(Cc1ccc(CN)cc1)C(O)C(=O)CO. The molecule has 0 fully saturated rings. The first kappa shape index (κ1) is 13.8. The van der Waals surface area contributed by atoms with Gasteiger partial charge >= 0.3 is 0 Å². The van der Waals surface area contributed by atoms with Crippen LogP contribution in [0.5, 0.6) is 0 Å². The van der Waals surface area contributed by atoms with Crippen molar-refractivity contribution in [3.63, 3.8) is 0 Å². The second kappa shape index (κ2) is 6.49. The van der Waals surface area contributed by atoms with Crippen LogP contribution in [-0.2, 0) is 17.8 Å². The Labute approximate surface area is 101 Å². The van der Waals surface area contributed by atoms with Crippen molar-refractivity contribution in [3.05, 3.63) is 35.4 Å². The van der Waals surface area contributed by atoms with Gasteiger partial charge in [0, 0.05) is 6.54 Å². The largest absolute Gasteiger partial charge is 0.388 e. The van der Waals surface area contributed by atoms with Crippen LogP contribution in [0, 0.1) is 5.92 Å². The maximum Gasteiger partial charge on any atom is 0.186 e. The van der Waals surface area contributed by atoms with Crippen molar-refractivity contribution >= 4 is 5.78 Å². The normalized spacial score (nSPS) is 14.4. The third kappa shape index (κ3) is 3.93. The Hall–Kier alpha value is -1.23. The first-order valence-corrected chi connectivity index (χ1v) is 5.68. The molecule has 4 nitrogen and oxygen atoms in total. The molecule has 0 saturated carbocycles. The minimum absolute atomic E-state index is 0.210. The summed E-state index contributed by atoms with van der Waals surface area (Å²) in [5.74, 6) is -0.741. The zero-order chi connectivity index (χ0) is 12.8. The van der Waals surface area contributed by atoms with Crippen molar-refractivity contribution in [2.24, 2.45) is 11.7 Å². The summed E-state index contributed by atoms with van der Waals surface area (Å²) in [4.78, 5) is 11.1. The van der Waals surface area contributed by atoms with Gasteiger partial charge in [0.1, 0.15) is 12.7 Å². The number of Topliss-reactive ketones (excluding diaryl/α,β-unsaturated/α-hetero) is 1. The molecule has 0 amide bonds. The molecule has 1 rings (SSSR count). The molecule has 0 spiro atoms. The van der Waals surface area contributed by atoms with Gasteiger partial charge < -0.3 is 15.9 Å².